The molecule has 1 saturated carbocycles. The molecular weight excluding hydrogens is 268 g/mol. The number of halogens is 1. The van der Waals surface area contributed by atoms with Crippen LogP contribution in [0.3, 0.4) is 0 Å². The standard InChI is InChI=1S/C12H17BrN2O/c1-16-8-7-12(5-6-12)9-14-11-4-2-3-10(13)15-11/h2-4H,5-9H2,1H3,(H,14,15). The molecule has 4 heteroatoms. The van der Waals surface area contributed by atoms with E-state index in [4.69, 9.17) is 4.74 Å². The summed E-state index contributed by atoms with van der Waals surface area (Å²) in [6.07, 6.45) is 3.75. The maximum absolute atomic E-state index is 5.14. The first-order chi connectivity index (χ1) is 7.74. The van der Waals surface area contributed by atoms with Gasteiger partial charge in [0, 0.05) is 20.3 Å². The van der Waals surface area contributed by atoms with Crippen LogP contribution in [0.15, 0.2) is 22.8 Å². The van der Waals surface area contributed by atoms with Gasteiger partial charge in [-0.05, 0) is 52.7 Å². The van der Waals surface area contributed by atoms with Gasteiger partial charge in [-0.15, -0.1) is 0 Å². The first kappa shape index (κ1) is 11.9. The molecule has 1 fully saturated rings. The van der Waals surface area contributed by atoms with Crippen LogP contribution in [0.5, 0.6) is 0 Å². The first-order valence-electron chi connectivity index (χ1n) is 5.59. The van der Waals surface area contributed by atoms with E-state index in [2.05, 4.69) is 26.2 Å². The van der Waals surface area contributed by atoms with Crippen LogP contribution in [0, 0.1) is 5.41 Å². The number of pyridine rings is 1. The number of aromatic nitrogens is 1. The second-order valence-corrected chi connectivity index (χ2v) is 5.25. The van der Waals surface area contributed by atoms with Gasteiger partial charge in [0.1, 0.15) is 10.4 Å². The Labute approximate surface area is 105 Å². The molecule has 0 saturated heterocycles. The van der Waals surface area contributed by atoms with Crippen molar-refractivity contribution in [1.82, 2.24) is 4.98 Å². The molecule has 0 amide bonds. The van der Waals surface area contributed by atoms with Crippen molar-refractivity contribution in [1.29, 1.82) is 0 Å². The van der Waals surface area contributed by atoms with Crippen LogP contribution in [-0.4, -0.2) is 25.2 Å². The zero-order valence-corrected chi connectivity index (χ0v) is 11.1. The molecule has 1 aliphatic rings. The molecule has 1 aliphatic carbocycles. The van der Waals surface area contributed by atoms with Gasteiger partial charge in [-0.1, -0.05) is 6.07 Å². The Morgan fingerprint density at radius 3 is 2.94 bits per heavy atom. The number of nitrogens with one attached hydrogen (secondary N) is 1. The van der Waals surface area contributed by atoms with Crippen molar-refractivity contribution in [3.63, 3.8) is 0 Å². The fraction of sp³-hybridized carbons (Fsp3) is 0.583. The predicted octanol–water partition coefficient (Wildman–Crippen LogP) is 3.07. The number of rotatable bonds is 6. The number of anilines is 1. The molecule has 0 bridgehead atoms. The van der Waals surface area contributed by atoms with Crippen LogP contribution < -0.4 is 5.32 Å². The molecular formula is C12H17BrN2O. The van der Waals surface area contributed by atoms with Crippen LogP contribution in [0.4, 0.5) is 5.82 Å². The van der Waals surface area contributed by atoms with Crippen LogP contribution in [0.25, 0.3) is 0 Å². The van der Waals surface area contributed by atoms with E-state index >= 15 is 0 Å². The maximum Gasteiger partial charge on any atom is 0.127 e. The molecule has 2 rings (SSSR count). The zero-order chi connectivity index (χ0) is 11.4. The summed E-state index contributed by atoms with van der Waals surface area (Å²) in [4.78, 5) is 4.36. The van der Waals surface area contributed by atoms with Gasteiger partial charge in [0.15, 0.2) is 0 Å². The lowest BCUT2D eigenvalue weighted by Crippen LogP contribution is -2.17. The molecule has 1 heterocycles. The van der Waals surface area contributed by atoms with E-state index in [9.17, 15) is 0 Å². The average molecular weight is 285 g/mol. The van der Waals surface area contributed by atoms with Crippen molar-refractivity contribution < 1.29 is 4.74 Å². The Balaban J connectivity index is 1.83. The Morgan fingerprint density at radius 1 is 1.50 bits per heavy atom. The molecule has 1 N–H and O–H groups in total. The quantitative estimate of drug-likeness (QED) is 0.816. The highest BCUT2D eigenvalue weighted by molar-refractivity contribution is 9.10. The lowest BCUT2D eigenvalue weighted by Gasteiger charge is -2.15. The number of hydrogen-bond acceptors (Lipinski definition) is 3. The number of hydrogen-bond donors (Lipinski definition) is 1. The molecule has 0 atom stereocenters. The SMILES string of the molecule is COCCC1(CNc2cccc(Br)n2)CC1. The van der Waals surface area contributed by atoms with Crippen LogP contribution in [-0.2, 0) is 4.74 Å². The minimum Gasteiger partial charge on any atom is -0.385 e. The maximum atomic E-state index is 5.14. The summed E-state index contributed by atoms with van der Waals surface area (Å²) in [5.41, 5.74) is 0.458. The number of nitrogens with zero attached hydrogens (tertiary/aromatic N) is 1. The summed E-state index contributed by atoms with van der Waals surface area (Å²) >= 11 is 3.37. The average Bonchev–Trinajstić information content (AvgIpc) is 3.05. The molecule has 0 radical (unpaired) electrons. The normalized spacial score (nSPS) is 17.1. The minimum absolute atomic E-state index is 0.458. The largest absolute Gasteiger partial charge is 0.385 e. The minimum atomic E-state index is 0.458. The van der Waals surface area contributed by atoms with Crippen molar-refractivity contribution in [2.24, 2.45) is 5.41 Å². The zero-order valence-electron chi connectivity index (χ0n) is 9.50. The molecule has 0 unspecified atom stereocenters. The van der Waals surface area contributed by atoms with Crippen molar-refractivity contribution in [3.05, 3.63) is 22.8 Å². The molecule has 0 aliphatic heterocycles. The number of ether oxygens (including phenoxy) is 1. The third-order valence-corrected chi connectivity index (χ3v) is 3.59. The van der Waals surface area contributed by atoms with E-state index in [0.717, 1.165) is 30.0 Å². The van der Waals surface area contributed by atoms with E-state index < -0.39 is 0 Å². The Hall–Kier alpha value is -0.610. The summed E-state index contributed by atoms with van der Waals surface area (Å²) in [5.74, 6) is 0.943. The topological polar surface area (TPSA) is 34.1 Å². The summed E-state index contributed by atoms with van der Waals surface area (Å²) < 4.78 is 6.01. The molecule has 88 valence electrons. The van der Waals surface area contributed by atoms with Gasteiger partial charge in [-0.25, -0.2) is 4.98 Å². The Kier molecular flexibility index (Phi) is 3.82. The third-order valence-electron chi connectivity index (χ3n) is 3.15. The van der Waals surface area contributed by atoms with Crippen LogP contribution in [0.1, 0.15) is 19.3 Å². The molecule has 1 aromatic rings. The van der Waals surface area contributed by atoms with Crippen LogP contribution >= 0.6 is 15.9 Å². The van der Waals surface area contributed by atoms with Gasteiger partial charge >= 0.3 is 0 Å². The van der Waals surface area contributed by atoms with Gasteiger partial charge < -0.3 is 10.1 Å². The molecule has 16 heavy (non-hydrogen) atoms. The monoisotopic (exact) mass is 284 g/mol. The van der Waals surface area contributed by atoms with Gasteiger partial charge in [0.05, 0.1) is 0 Å². The summed E-state index contributed by atoms with van der Waals surface area (Å²) in [5, 5.41) is 3.40. The first-order valence-corrected chi connectivity index (χ1v) is 6.39. The molecule has 0 spiro atoms. The van der Waals surface area contributed by atoms with E-state index in [-0.39, 0.29) is 0 Å². The Bertz CT molecular complexity index is 353. The van der Waals surface area contributed by atoms with Gasteiger partial charge in [-0.3, -0.25) is 0 Å². The summed E-state index contributed by atoms with van der Waals surface area (Å²) in [7, 11) is 1.76. The highest BCUT2D eigenvalue weighted by atomic mass is 79.9. The van der Waals surface area contributed by atoms with Gasteiger partial charge in [0.25, 0.3) is 0 Å². The predicted molar refractivity (Wildman–Crippen MR) is 68.6 cm³/mol. The molecule has 1 aromatic heterocycles. The van der Waals surface area contributed by atoms with Crippen LogP contribution in [0.2, 0.25) is 0 Å². The van der Waals surface area contributed by atoms with Gasteiger partial charge in [0.2, 0.25) is 0 Å². The summed E-state index contributed by atoms with van der Waals surface area (Å²) in [6.45, 7) is 1.85. The fourth-order valence-corrected chi connectivity index (χ4v) is 2.14. The van der Waals surface area contributed by atoms with E-state index in [1.807, 2.05) is 18.2 Å². The number of methoxy groups -OCH3 is 1. The lowest BCUT2D eigenvalue weighted by molar-refractivity contribution is 0.175. The molecule has 3 nitrogen and oxygen atoms in total. The van der Waals surface area contributed by atoms with Gasteiger partial charge in [-0.2, -0.15) is 0 Å². The second kappa shape index (κ2) is 5.15. The van der Waals surface area contributed by atoms with Crippen molar-refractivity contribution in [2.75, 3.05) is 25.6 Å². The van der Waals surface area contributed by atoms with Crippen molar-refractivity contribution in [2.45, 2.75) is 19.3 Å². The summed E-state index contributed by atoms with van der Waals surface area (Å²) in [6, 6.07) is 5.92. The highest BCUT2D eigenvalue weighted by Crippen LogP contribution is 2.48. The van der Waals surface area contributed by atoms with E-state index in [1.54, 1.807) is 7.11 Å². The van der Waals surface area contributed by atoms with E-state index in [1.165, 1.54) is 12.8 Å². The smallest absolute Gasteiger partial charge is 0.127 e. The lowest BCUT2D eigenvalue weighted by atomic mass is 10.0. The van der Waals surface area contributed by atoms with Crippen molar-refractivity contribution >= 4 is 21.7 Å². The Morgan fingerprint density at radius 2 is 2.31 bits per heavy atom. The molecule has 0 aromatic carbocycles. The second-order valence-electron chi connectivity index (χ2n) is 4.44. The fourth-order valence-electron chi connectivity index (χ4n) is 1.80. The third kappa shape index (κ3) is 3.19. The highest BCUT2D eigenvalue weighted by Gasteiger charge is 2.41. The van der Waals surface area contributed by atoms with E-state index in [0.29, 0.717) is 5.41 Å². The van der Waals surface area contributed by atoms with Crippen molar-refractivity contribution in [3.8, 4) is 0 Å².